The maximum Gasteiger partial charge on any atom is 0.331 e. The van der Waals surface area contributed by atoms with Crippen molar-refractivity contribution in [3.05, 3.63) is 53.6 Å². The van der Waals surface area contributed by atoms with Gasteiger partial charge in [0, 0.05) is 12.6 Å². The Labute approximate surface area is 174 Å². The van der Waals surface area contributed by atoms with Crippen molar-refractivity contribution in [2.45, 2.75) is 11.3 Å². The van der Waals surface area contributed by atoms with Crippen molar-refractivity contribution in [3.63, 3.8) is 0 Å². The van der Waals surface area contributed by atoms with Crippen LogP contribution in [0.2, 0.25) is 0 Å². The molecule has 0 aromatic heterocycles. The Morgan fingerprint density at radius 2 is 2.00 bits per heavy atom. The molecule has 0 bridgehead atoms. The van der Waals surface area contributed by atoms with Crippen molar-refractivity contribution < 1.29 is 27.4 Å². The first kappa shape index (κ1) is 21.2. The third kappa shape index (κ3) is 4.09. The lowest BCUT2D eigenvalue weighted by atomic mass is 10.2. The summed E-state index contributed by atoms with van der Waals surface area (Å²) in [6, 6.07) is 12.0. The predicted octanol–water partition coefficient (Wildman–Crippen LogP) is 2.54. The van der Waals surface area contributed by atoms with Gasteiger partial charge in [-0.15, -0.1) is 0 Å². The number of carbonyl (C=O) groups is 1. The summed E-state index contributed by atoms with van der Waals surface area (Å²) in [6.45, 7) is -0.0587. The largest absolute Gasteiger partial charge is 0.493 e. The van der Waals surface area contributed by atoms with Gasteiger partial charge in [-0.2, -0.15) is 5.26 Å². The van der Waals surface area contributed by atoms with E-state index >= 15 is 0 Å². The van der Waals surface area contributed by atoms with Crippen LogP contribution >= 0.6 is 0 Å². The molecule has 0 unspecified atom stereocenters. The molecule has 0 N–H and O–H groups in total. The van der Waals surface area contributed by atoms with E-state index < -0.39 is 16.0 Å². The molecule has 1 heterocycles. The average Bonchev–Trinajstić information content (AvgIpc) is 3.20. The predicted molar refractivity (Wildman–Crippen MR) is 110 cm³/mol. The summed E-state index contributed by atoms with van der Waals surface area (Å²) in [5.74, 6) is -0.439. The number of anilines is 1. The van der Waals surface area contributed by atoms with Gasteiger partial charge in [0.1, 0.15) is 11.0 Å². The summed E-state index contributed by atoms with van der Waals surface area (Å²) >= 11 is 0. The Kier molecular flexibility index (Phi) is 6.28. The standard InChI is InChI=1S/C21H20N2O6S/c1-27-18-13-15(7-8-20(24)29-12-10-22)14-19(21(18)28-2)30(25,26)23-11-9-16-5-3-4-6-17(16)23/h3-8,13-14H,9,11-12H2,1-2H3/b8-7+. The van der Waals surface area contributed by atoms with E-state index in [-0.39, 0.29) is 23.0 Å². The number of nitrogens with zero attached hydrogens (tertiary/aromatic N) is 2. The monoisotopic (exact) mass is 428 g/mol. The molecule has 0 aliphatic carbocycles. The molecule has 0 saturated heterocycles. The van der Waals surface area contributed by atoms with Gasteiger partial charge in [0.2, 0.25) is 0 Å². The number of benzene rings is 2. The van der Waals surface area contributed by atoms with Gasteiger partial charge in [-0.3, -0.25) is 4.31 Å². The van der Waals surface area contributed by atoms with Crippen LogP contribution in [0.25, 0.3) is 6.08 Å². The Morgan fingerprint density at radius 3 is 2.70 bits per heavy atom. The lowest BCUT2D eigenvalue weighted by Gasteiger charge is -2.22. The van der Waals surface area contributed by atoms with E-state index in [1.54, 1.807) is 24.3 Å². The van der Waals surface area contributed by atoms with Gasteiger partial charge in [-0.05, 0) is 41.8 Å². The molecule has 1 aliphatic rings. The number of nitriles is 1. The van der Waals surface area contributed by atoms with Crippen LogP contribution in [-0.2, 0) is 26.0 Å². The van der Waals surface area contributed by atoms with Crippen LogP contribution in [0.4, 0.5) is 5.69 Å². The van der Waals surface area contributed by atoms with Crippen LogP contribution in [0.1, 0.15) is 11.1 Å². The summed E-state index contributed by atoms with van der Waals surface area (Å²) in [7, 11) is -1.21. The minimum Gasteiger partial charge on any atom is -0.493 e. The zero-order valence-electron chi connectivity index (χ0n) is 16.5. The molecule has 156 valence electrons. The maximum absolute atomic E-state index is 13.5. The molecule has 0 amide bonds. The molecule has 1 aliphatic heterocycles. The van der Waals surface area contributed by atoms with Gasteiger partial charge in [-0.1, -0.05) is 18.2 Å². The van der Waals surface area contributed by atoms with E-state index in [9.17, 15) is 13.2 Å². The number of hydrogen-bond donors (Lipinski definition) is 0. The average molecular weight is 428 g/mol. The molecule has 3 rings (SSSR count). The molecule has 0 radical (unpaired) electrons. The second-order valence-electron chi connectivity index (χ2n) is 6.31. The number of hydrogen-bond acceptors (Lipinski definition) is 7. The van der Waals surface area contributed by atoms with Crippen molar-refractivity contribution in [2.75, 3.05) is 31.7 Å². The van der Waals surface area contributed by atoms with Crippen molar-refractivity contribution in [2.24, 2.45) is 0 Å². The fourth-order valence-corrected chi connectivity index (χ4v) is 4.94. The fraction of sp³-hybridized carbons (Fsp3) is 0.238. The number of para-hydroxylation sites is 1. The topological polar surface area (TPSA) is 106 Å². The second-order valence-corrected chi connectivity index (χ2v) is 8.14. The molecule has 2 aromatic carbocycles. The fourth-order valence-electron chi connectivity index (χ4n) is 3.23. The molecule has 0 saturated carbocycles. The number of ether oxygens (including phenoxy) is 3. The molecule has 9 heteroatoms. The Balaban J connectivity index is 2.06. The number of sulfonamides is 1. The van der Waals surface area contributed by atoms with Crippen molar-refractivity contribution in [1.29, 1.82) is 5.26 Å². The Hall–Kier alpha value is -3.51. The van der Waals surface area contributed by atoms with Gasteiger partial charge >= 0.3 is 5.97 Å². The van der Waals surface area contributed by atoms with Gasteiger partial charge in [0.05, 0.1) is 19.9 Å². The van der Waals surface area contributed by atoms with Crippen LogP contribution in [0, 0.1) is 11.3 Å². The molecule has 0 spiro atoms. The zero-order chi connectivity index (χ0) is 21.7. The smallest absolute Gasteiger partial charge is 0.331 e. The van der Waals surface area contributed by atoms with E-state index in [4.69, 9.17) is 14.7 Å². The van der Waals surface area contributed by atoms with Crippen LogP contribution < -0.4 is 13.8 Å². The lowest BCUT2D eigenvalue weighted by Crippen LogP contribution is -2.29. The number of carbonyl (C=O) groups excluding carboxylic acids is 1. The van der Waals surface area contributed by atoms with Crippen molar-refractivity contribution >= 4 is 27.8 Å². The molecule has 2 aromatic rings. The van der Waals surface area contributed by atoms with E-state index in [1.165, 1.54) is 30.7 Å². The van der Waals surface area contributed by atoms with E-state index in [1.807, 2.05) is 12.1 Å². The third-order valence-electron chi connectivity index (χ3n) is 4.57. The van der Waals surface area contributed by atoms with E-state index in [0.29, 0.717) is 24.2 Å². The minimum absolute atomic E-state index is 0.0751. The Bertz CT molecular complexity index is 1130. The highest BCUT2D eigenvalue weighted by Crippen LogP contribution is 2.40. The number of fused-ring (bicyclic) bond motifs is 1. The first-order chi connectivity index (χ1) is 14.4. The van der Waals surface area contributed by atoms with Gasteiger partial charge in [0.25, 0.3) is 10.0 Å². The van der Waals surface area contributed by atoms with E-state index in [0.717, 1.165) is 11.6 Å². The third-order valence-corrected chi connectivity index (χ3v) is 6.39. The highest BCUT2D eigenvalue weighted by atomic mass is 32.2. The molecular formula is C21H20N2O6S. The van der Waals surface area contributed by atoms with Crippen LogP contribution in [0.15, 0.2) is 47.4 Å². The van der Waals surface area contributed by atoms with Gasteiger partial charge in [-0.25, -0.2) is 13.2 Å². The number of methoxy groups -OCH3 is 2. The van der Waals surface area contributed by atoms with Crippen LogP contribution in [-0.4, -0.2) is 41.8 Å². The van der Waals surface area contributed by atoms with Crippen LogP contribution in [0.3, 0.4) is 0 Å². The highest BCUT2D eigenvalue weighted by Gasteiger charge is 2.34. The summed E-state index contributed by atoms with van der Waals surface area (Å²) in [5, 5.41) is 8.47. The quantitative estimate of drug-likeness (QED) is 0.493. The second kappa shape index (κ2) is 8.88. The molecule has 0 atom stereocenters. The van der Waals surface area contributed by atoms with E-state index in [2.05, 4.69) is 4.74 Å². The number of rotatable bonds is 7. The molecule has 30 heavy (non-hydrogen) atoms. The summed E-state index contributed by atoms with van der Waals surface area (Å²) in [6.07, 6.45) is 3.11. The summed E-state index contributed by atoms with van der Waals surface area (Å²) in [4.78, 5) is 11.6. The minimum atomic E-state index is -3.97. The first-order valence-electron chi connectivity index (χ1n) is 9.00. The normalized spacial score (nSPS) is 13.0. The van der Waals surface area contributed by atoms with Crippen LogP contribution in [0.5, 0.6) is 11.5 Å². The molecule has 0 fully saturated rings. The van der Waals surface area contributed by atoms with Crippen molar-refractivity contribution in [1.82, 2.24) is 0 Å². The molecule has 8 nitrogen and oxygen atoms in total. The van der Waals surface area contributed by atoms with Gasteiger partial charge < -0.3 is 14.2 Å². The first-order valence-corrected chi connectivity index (χ1v) is 10.4. The summed E-state index contributed by atoms with van der Waals surface area (Å²) < 4.78 is 43.7. The maximum atomic E-state index is 13.5. The highest BCUT2D eigenvalue weighted by molar-refractivity contribution is 7.93. The van der Waals surface area contributed by atoms with Crippen molar-refractivity contribution in [3.8, 4) is 17.6 Å². The SMILES string of the molecule is COc1cc(/C=C/C(=O)OCC#N)cc(S(=O)(=O)N2CCc3ccccc32)c1OC. The van der Waals surface area contributed by atoms with Gasteiger partial charge in [0.15, 0.2) is 18.1 Å². The zero-order valence-corrected chi connectivity index (χ0v) is 17.3. The Morgan fingerprint density at radius 1 is 1.23 bits per heavy atom. The lowest BCUT2D eigenvalue weighted by molar-refractivity contribution is -0.136. The molecular weight excluding hydrogens is 408 g/mol. The number of esters is 1. The summed E-state index contributed by atoms with van der Waals surface area (Å²) in [5.41, 5.74) is 1.97.